The third kappa shape index (κ3) is 3.46. The summed E-state index contributed by atoms with van der Waals surface area (Å²) < 4.78 is 2.11. The van der Waals surface area contributed by atoms with Crippen LogP contribution in [-0.2, 0) is 23.1 Å². The molecular formula is C16H25N3O2. The third-order valence-electron chi connectivity index (χ3n) is 4.52. The Morgan fingerprint density at radius 2 is 1.71 bits per heavy atom. The first-order chi connectivity index (χ1) is 9.90. The molecule has 0 spiro atoms. The first-order valence-electron chi connectivity index (χ1n) is 7.55. The standard InChI is InChI=1S/C16H25N3O2/c1-12-10-15(13(2)17(12)4)11-16(21)19-7-5-6-18(8-9-19)14(3)20/h10H,5-9,11H2,1-4H3. The maximum atomic E-state index is 12.5. The van der Waals surface area contributed by atoms with Crippen LogP contribution >= 0.6 is 0 Å². The van der Waals surface area contributed by atoms with Crippen molar-refractivity contribution < 1.29 is 9.59 Å². The van der Waals surface area contributed by atoms with Crippen LogP contribution in [0.1, 0.15) is 30.3 Å². The van der Waals surface area contributed by atoms with Crippen molar-refractivity contribution in [3.63, 3.8) is 0 Å². The number of carbonyl (C=O) groups excluding carboxylic acids is 2. The summed E-state index contributed by atoms with van der Waals surface area (Å²) in [5, 5.41) is 0. The van der Waals surface area contributed by atoms with Crippen molar-refractivity contribution in [3.05, 3.63) is 23.0 Å². The summed E-state index contributed by atoms with van der Waals surface area (Å²) in [6.45, 7) is 8.48. The Bertz CT molecular complexity index is 548. The van der Waals surface area contributed by atoms with Crippen molar-refractivity contribution >= 4 is 11.8 Å². The summed E-state index contributed by atoms with van der Waals surface area (Å²) in [7, 11) is 2.02. The van der Waals surface area contributed by atoms with Gasteiger partial charge in [0.05, 0.1) is 6.42 Å². The molecule has 0 saturated carbocycles. The molecule has 2 heterocycles. The summed E-state index contributed by atoms with van der Waals surface area (Å²) in [6.07, 6.45) is 1.31. The minimum absolute atomic E-state index is 0.0961. The first-order valence-corrected chi connectivity index (χ1v) is 7.55. The van der Waals surface area contributed by atoms with Gasteiger partial charge in [0, 0.05) is 51.5 Å². The van der Waals surface area contributed by atoms with E-state index in [1.54, 1.807) is 6.92 Å². The largest absolute Gasteiger partial charge is 0.352 e. The summed E-state index contributed by atoms with van der Waals surface area (Å²) in [4.78, 5) is 27.6. The number of aromatic nitrogens is 1. The fraction of sp³-hybridized carbons (Fsp3) is 0.625. The Hall–Kier alpha value is -1.78. The molecule has 2 amide bonds. The van der Waals surface area contributed by atoms with E-state index in [0.717, 1.165) is 30.8 Å². The van der Waals surface area contributed by atoms with Gasteiger partial charge in [-0.2, -0.15) is 0 Å². The van der Waals surface area contributed by atoms with Gasteiger partial charge in [-0.25, -0.2) is 0 Å². The van der Waals surface area contributed by atoms with Crippen molar-refractivity contribution in [3.8, 4) is 0 Å². The van der Waals surface area contributed by atoms with E-state index >= 15 is 0 Å². The van der Waals surface area contributed by atoms with Crippen LogP contribution in [0, 0.1) is 13.8 Å². The fourth-order valence-corrected chi connectivity index (χ4v) is 2.87. The van der Waals surface area contributed by atoms with Gasteiger partial charge in [0.1, 0.15) is 0 Å². The molecule has 0 aliphatic carbocycles. The van der Waals surface area contributed by atoms with Crippen molar-refractivity contribution in [2.75, 3.05) is 26.2 Å². The van der Waals surface area contributed by atoms with Gasteiger partial charge in [0.2, 0.25) is 11.8 Å². The van der Waals surface area contributed by atoms with Gasteiger partial charge in [-0.3, -0.25) is 9.59 Å². The zero-order valence-corrected chi connectivity index (χ0v) is 13.5. The Labute approximate surface area is 126 Å². The molecule has 1 aliphatic rings. The minimum atomic E-state index is 0.0961. The molecule has 1 fully saturated rings. The first kappa shape index (κ1) is 15.6. The van der Waals surface area contributed by atoms with Crippen LogP contribution in [0.3, 0.4) is 0 Å². The maximum absolute atomic E-state index is 12.5. The molecule has 21 heavy (non-hydrogen) atoms. The van der Waals surface area contributed by atoms with Crippen LogP contribution in [0.25, 0.3) is 0 Å². The highest BCUT2D eigenvalue weighted by Crippen LogP contribution is 2.15. The number of rotatable bonds is 2. The number of hydrogen-bond acceptors (Lipinski definition) is 2. The number of hydrogen-bond donors (Lipinski definition) is 0. The smallest absolute Gasteiger partial charge is 0.227 e. The monoisotopic (exact) mass is 291 g/mol. The number of aryl methyl sites for hydroxylation is 1. The third-order valence-corrected chi connectivity index (χ3v) is 4.52. The molecule has 116 valence electrons. The van der Waals surface area contributed by atoms with Crippen molar-refractivity contribution in [1.29, 1.82) is 0 Å². The van der Waals surface area contributed by atoms with Crippen LogP contribution in [0.5, 0.6) is 0 Å². The van der Waals surface area contributed by atoms with E-state index in [2.05, 4.69) is 24.5 Å². The molecule has 0 atom stereocenters. The summed E-state index contributed by atoms with van der Waals surface area (Å²) in [5.74, 6) is 0.257. The van der Waals surface area contributed by atoms with Crippen LogP contribution in [0.15, 0.2) is 6.07 Å². The van der Waals surface area contributed by atoms with Crippen molar-refractivity contribution in [1.82, 2.24) is 14.4 Å². The van der Waals surface area contributed by atoms with E-state index in [-0.39, 0.29) is 11.8 Å². The molecular weight excluding hydrogens is 266 g/mol. The second kappa shape index (κ2) is 6.33. The van der Waals surface area contributed by atoms with Crippen molar-refractivity contribution in [2.24, 2.45) is 7.05 Å². The molecule has 0 unspecified atom stereocenters. The lowest BCUT2D eigenvalue weighted by atomic mass is 10.1. The lowest BCUT2D eigenvalue weighted by Crippen LogP contribution is -2.37. The zero-order valence-electron chi connectivity index (χ0n) is 13.5. The van der Waals surface area contributed by atoms with Crippen LogP contribution in [-0.4, -0.2) is 52.4 Å². The lowest BCUT2D eigenvalue weighted by Gasteiger charge is -2.21. The molecule has 1 saturated heterocycles. The fourth-order valence-electron chi connectivity index (χ4n) is 2.87. The minimum Gasteiger partial charge on any atom is -0.352 e. The topological polar surface area (TPSA) is 45.6 Å². The summed E-state index contributed by atoms with van der Waals surface area (Å²) in [6, 6.07) is 2.09. The highest BCUT2D eigenvalue weighted by atomic mass is 16.2. The molecule has 1 aliphatic heterocycles. The molecule has 5 nitrogen and oxygen atoms in total. The second-order valence-corrected chi connectivity index (χ2v) is 5.87. The Morgan fingerprint density at radius 1 is 1.10 bits per heavy atom. The molecule has 5 heteroatoms. The lowest BCUT2D eigenvalue weighted by molar-refractivity contribution is -0.132. The van der Waals surface area contributed by atoms with E-state index < -0.39 is 0 Å². The van der Waals surface area contributed by atoms with Gasteiger partial charge in [0.15, 0.2) is 0 Å². The van der Waals surface area contributed by atoms with Crippen LogP contribution in [0.2, 0.25) is 0 Å². The van der Waals surface area contributed by atoms with Crippen LogP contribution in [0.4, 0.5) is 0 Å². The van der Waals surface area contributed by atoms with Gasteiger partial charge < -0.3 is 14.4 Å². The van der Waals surface area contributed by atoms with Gasteiger partial charge in [-0.1, -0.05) is 0 Å². The van der Waals surface area contributed by atoms with E-state index in [4.69, 9.17) is 0 Å². The SMILES string of the molecule is CC(=O)N1CCCN(C(=O)Cc2cc(C)n(C)c2C)CC1. The predicted octanol–water partition coefficient (Wildman–Crippen LogP) is 1.27. The molecule has 1 aromatic rings. The number of carbonyl (C=O) groups is 2. The average molecular weight is 291 g/mol. The quantitative estimate of drug-likeness (QED) is 0.823. The Balaban J connectivity index is 2.00. The molecule has 0 radical (unpaired) electrons. The summed E-state index contributed by atoms with van der Waals surface area (Å²) in [5.41, 5.74) is 3.43. The predicted molar refractivity (Wildman–Crippen MR) is 82.0 cm³/mol. The van der Waals surface area contributed by atoms with Gasteiger partial charge >= 0.3 is 0 Å². The van der Waals surface area contributed by atoms with Crippen molar-refractivity contribution in [2.45, 2.75) is 33.6 Å². The molecule has 1 aromatic heterocycles. The van der Waals surface area contributed by atoms with Gasteiger partial charge in [-0.05, 0) is 31.9 Å². The molecule has 2 rings (SSSR count). The Morgan fingerprint density at radius 3 is 2.29 bits per heavy atom. The van der Waals surface area contributed by atoms with Gasteiger partial charge in [0.25, 0.3) is 0 Å². The molecule has 0 aromatic carbocycles. The molecule has 0 N–H and O–H groups in total. The van der Waals surface area contributed by atoms with E-state index in [0.29, 0.717) is 19.5 Å². The van der Waals surface area contributed by atoms with E-state index in [1.165, 1.54) is 5.69 Å². The number of amides is 2. The summed E-state index contributed by atoms with van der Waals surface area (Å²) >= 11 is 0. The van der Waals surface area contributed by atoms with E-state index in [1.807, 2.05) is 16.8 Å². The highest BCUT2D eigenvalue weighted by molar-refractivity contribution is 5.79. The molecule has 0 bridgehead atoms. The van der Waals surface area contributed by atoms with Crippen LogP contribution < -0.4 is 0 Å². The normalized spacial score (nSPS) is 16.0. The number of nitrogens with zero attached hydrogens (tertiary/aromatic N) is 3. The average Bonchev–Trinajstić information content (AvgIpc) is 2.66. The van der Waals surface area contributed by atoms with E-state index in [9.17, 15) is 9.59 Å². The Kier molecular flexibility index (Phi) is 4.70. The zero-order chi connectivity index (χ0) is 15.6. The van der Waals surface area contributed by atoms with Gasteiger partial charge in [-0.15, -0.1) is 0 Å². The highest BCUT2D eigenvalue weighted by Gasteiger charge is 2.21. The maximum Gasteiger partial charge on any atom is 0.227 e. The second-order valence-electron chi connectivity index (χ2n) is 5.87.